The monoisotopic (exact) mass is 145 g/mol. The van der Waals surface area contributed by atoms with Crippen molar-refractivity contribution in [3.63, 3.8) is 0 Å². The molecule has 1 aliphatic rings. The second kappa shape index (κ2) is 2.49. The zero-order valence-electron chi connectivity index (χ0n) is 6.76. The molecule has 2 atom stereocenters. The number of hydrogen-bond donors (Lipinski definition) is 1. The van der Waals surface area contributed by atoms with Gasteiger partial charge in [0.2, 0.25) is 0 Å². The van der Waals surface area contributed by atoms with Gasteiger partial charge < -0.3 is 15.2 Å². The van der Waals surface area contributed by atoms with Crippen molar-refractivity contribution in [2.75, 3.05) is 0 Å². The molecule has 0 aromatic heterocycles. The zero-order valence-corrected chi connectivity index (χ0v) is 6.76. The van der Waals surface area contributed by atoms with E-state index in [1.165, 1.54) is 0 Å². The number of rotatable bonds is 0. The summed E-state index contributed by atoms with van der Waals surface area (Å²) in [4.78, 5) is 0. The average Bonchev–Trinajstić information content (AvgIpc) is 1.54. The summed E-state index contributed by atoms with van der Waals surface area (Å²) in [6.45, 7) is 5.76. The lowest BCUT2D eigenvalue weighted by molar-refractivity contribution is -0.294. The lowest BCUT2D eigenvalue weighted by Crippen LogP contribution is -2.47. The van der Waals surface area contributed by atoms with Gasteiger partial charge in [-0.05, 0) is 20.8 Å². The van der Waals surface area contributed by atoms with Crippen LogP contribution in [0.2, 0.25) is 0 Å². The molecule has 0 aromatic carbocycles. The van der Waals surface area contributed by atoms with E-state index in [2.05, 4.69) is 0 Å². The van der Waals surface area contributed by atoms with Gasteiger partial charge in [-0.25, -0.2) is 0 Å². The second-order valence-corrected chi connectivity index (χ2v) is 3.22. The summed E-state index contributed by atoms with van der Waals surface area (Å²) >= 11 is 0. The average molecular weight is 145 g/mol. The van der Waals surface area contributed by atoms with Crippen LogP contribution in [-0.4, -0.2) is 18.1 Å². The second-order valence-electron chi connectivity index (χ2n) is 3.22. The van der Waals surface area contributed by atoms with Gasteiger partial charge in [0.05, 0.1) is 6.10 Å². The minimum atomic E-state index is -0.503. The highest BCUT2D eigenvalue weighted by molar-refractivity contribution is 4.69. The molecule has 10 heavy (non-hydrogen) atoms. The van der Waals surface area contributed by atoms with Gasteiger partial charge in [-0.1, -0.05) is 0 Å². The Morgan fingerprint density at radius 3 is 2.40 bits per heavy atom. The van der Waals surface area contributed by atoms with E-state index in [-0.39, 0.29) is 12.3 Å². The minimum Gasteiger partial charge on any atom is -0.347 e. The van der Waals surface area contributed by atoms with Crippen LogP contribution in [0.25, 0.3) is 0 Å². The van der Waals surface area contributed by atoms with Crippen LogP contribution in [0.4, 0.5) is 0 Å². The lowest BCUT2D eigenvalue weighted by atomic mass is 10.2. The van der Waals surface area contributed by atoms with Crippen LogP contribution < -0.4 is 5.73 Å². The van der Waals surface area contributed by atoms with Gasteiger partial charge in [0.1, 0.15) is 6.23 Å². The molecule has 3 heteroatoms. The highest BCUT2D eigenvalue weighted by atomic mass is 16.7. The fourth-order valence-electron chi connectivity index (χ4n) is 1.30. The van der Waals surface area contributed by atoms with Crippen LogP contribution in [-0.2, 0) is 9.47 Å². The quantitative estimate of drug-likeness (QED) is 0.549. The molecule has 1 aliphatic heterocycles. The van der Waals surface area contributed by atoms with Crippen molar-refractivity contribution in [3.05, 3.63) is 0 Å². The first kappa shape index (κ1) is 7.98. The Kier molecular flexibility index (Phi) is 1.99. The fraction of sp³-hybridized carbons (Fsp3) is 1.00. The first-order chi connectivity index (χ1) is 4.49. The molecule has 60 valence electrons. The topological polar surface area (TPSA) is 44.5 Å². The van der Waals surface area contributed by atoms with Crippen LogP contribution in [0.5, 0.6) is 0 Å². The molecule has 0 amide bonds. The molecule has 1 heterocycles. The Balaban J connectivity index is 2.51. The molecular formula is C7H15NO2. The summed E-state index contributed by atoms with van der Waals surface area (Å²) in [5.41, 5.74) is 5.60. The Labute approximate surface area is 61.5 Å². The van der Waals surface area contributed by atoms with Crippen molar-refractivity contribution in [1.82, 2.24) is 0 Å². The number of hydrogen-bond acceptors (Lipinski definition) is 3. The summed E-state index contributed by atoms with van der Waals surface area (Å²) in [5, 5.41) is 0. The predicted molar refractivity (Wildman–Crippen MR) is 38.3 cm³/mol. The van der Waals surface area contributed by atoms with E-state index in [1.54, 1.807) is 0 Å². The maximum Gasteiger partial charge on any atom is 0.165 e. The molecule has 0 saturated carbocycles. The van der Waals surface area contributed by atoms with Crippen LogP contribution in [0.15, 0.2) is 0 Å². The van der Waals surface area contributed by atoms with E-state index in [9.17, 15) is 0 Å². The Morgan fingerprint density at radius 1 is 1.40 bits per heavy atom. The summed E-state index contributed by atoms with van der Waals surface area (Å²) in [6.07, 6.45) is 0.821. The van der Waals surface area contributed by atoms with E-state index in [0.29, 0.717) is 0 Å². The van der Waals surface area contributed by atoms with E-state index in [4.69, 9.17) is 15.2 Å². The lowest BCUT2D eigenvalue weighted by Gasteiger charge is -2.37. The first-order valence-electron chi connectivity index (χ1n) is 3.61. The van der Waals surface area contributed by atoms with Gasteiger partial charge >= 0.3 is 0 Å². The Hall–Kier alpha value is -0.120. The molecule has 1 fully saturated rings. The van der Waals surface area contributed by atoms with Crippen LogP contribution in [0.1, 0.15) is 27.2 Å². The van der Waals surface area contributed by atoms with Crippen molar-refractivity contribution < 1.29 is 9.47 Å². The summed E-state index contributed by atoms with van der Waals surface area (Å²) in [6, 6.07) is 0. The maximum atomic E-state index is 5.60. The standard InChI is InChI=1S/C7H15NO2/c1-5-4-6(8)10-7(2,3)9-5/h5-6H,4,8H2,1-3H3. The largest absolute Gasteiger partial charge is 0.347 e. The van der Waals surface area contributed by atoms with Crippen molar-refractivity contribution in [1.29, 1.82) is 0 Å². The molecule has 0 aromatic rings. The van der Waals surface area contributed by atoms with E-state index in [1.807, 2.05) is 20.8 Å². The highest BCUT2D eigenvalue weighted by Crippen LogP contribution is 2.23. The molecule has 0 bridgehead atoms. The SMILES string of the molecule is CC1CC(N)OC(C)(C)O1. The molecule has 0 radical (unpaired) electrons. The number of ether oxygens (including phenoxy) is 2. The smallest absolute Gasteiger partial charge is 0.165 e. The van der Waals surface area contributed by atoms with Gasteiger partial charge in [0, 0.05) is 6.42 Å². The van der Waals surface area contributed by atoms with Gasteiger partial charge in [-0.2, -0.15) is 0 Å². The van der Waals surface area contributed by atoms with E-state index >= 15 is 0 Å². The molecule has 2 unspecified atom stereocenters. The summed E-state index contributed by atoms with van der Waals surface area (Å²) < 4.78 is 10.7. The van der Waals surface area contributed by atoms with Gasteiger partial charge in [-0.3, -0.25) is 0 Å². The number of nitrogens with two attached hydrogens (primary N) is 1. The van der Waals surface area contributed by atoms with E-state index < -0.39 is 5.79 Å². The predicted octanol–water partition coefficient (Wildman–Crippen LogP) is 0.833. The third kappa shape index (κ3) is 1.94. The summed E-state index contributed by atoms with van der Waals surface area (Å²) in [7, 11) is 0. The van der Waals surface area contributed by atoms with Gasteiger partial charge in [-0.15, -0.1) is 0 Å². The van der Waals surface area contributed by atoms with Crippen LogP contribution >= 0.6 is 0 Å². The highest BCUT2D eigenvalue weighted by Gasteiger charge is 2.31. The Morgan fingerprint density at radius 2 is 2.00 bits per heavy atom. The van der Waals surface area contributed by atoms with E-state index in [0.717, 1.165) is 6.42 Å². The molecule has 3 nitrogen and oxygen atoms in total. The van der Waals surface area contributed by atoms with Crippen LogP contribution in [0, 0.1) is 0 Å². The third-order valence-electron chi connectivity index (χ3n) is 1.48. The van der Waals surface area contributed by atoms with Crippen LogP contribution in [0.3, 0.4) is 0 Å². The molecular weight excluding hydrogens is 130 g/mol. The van der Waals surface area contributed by atoms with Gasteiger partial charge in [0.15, 0.2) is 5.79 Å². The van der Waals surface area contributed by atoms with Crippen molar-refractivity contribution in [2.45, 2.75) is 45.3 Å². The fourth-order valence-corrected chi connectivity index (χ4v) is 1.30. The molecule has 0 aliphatic carbocycles. The zero-order chi connectivity index (χ0) is 7.78. The van der Waals surface area contributed by atoms with Gasteiger partial charge in [0.25, 0.3) is 0 Å². The molecule has 0 spiro atoms. The molecule has 1 rings (SSSR count). The normalized spacial score (nSPS) is 39.6. The van der Waals surface area contributed by atoms with Crippen molar-refractivity contribution >= 4 is 0 Å². The van der Waals surface area contributed by atoms with Crippen molar-refractivity contribution in [2.24, 2.45) is 5.73 Å². The summed E-state index contributed by atoms with van der Waals surface area (Å²) in [5.74, 6) is -0.503. The molecule has 2 N–H and O–H groups in total. The Bertz CT molecular complexity index is 113. The first-order valence-corrected chi connectivity index (χ1v) is 3.61. The van der Waals surface area contributed by atoms with Crippen molar-refractivity contribution in [3.8, 4) is 0 Å². The minimum absolute atomic E-state index is 0.168. The molecule has 1 saturated heterocycles. The maximum absolute atomic E-state index is 5.60. The third-order valence-corrected chi connectivity index (χ3v) is 1.48.